The van der Waals surface area contributed by atoms with Crippen LogP contribution in [0.25, 0.3) is 10.9 Å². The van der Waals surface area contributed by atoms with E-state index in [1.807, 2.05) is 0 Å². The van der Waals surface area contributed by atoms with Crippen LogP contribution < -0.4 is 4.74 Å². The first kappa shape index (κ1) is 24.3. The predicted octanol–water partition coefficient (Wildman–Crippen LogP) is 4.25. The van der Waals surface area contributed by atoms with E-state index in [9.17, 15) is 14.8 Å². The van der Waals surface area contributed by atoms with Gasteiger partial charge < -0.3 is 19.5 Å². The number of benzene rings is 2. The number of hydrogen-bond donors (Lipinski definition) is 0. The van der Waals surface area contributed by atoms with Crippen molar-refractivity contribution in [2.24, 2.45) is 5.28 Å². The second-order valence-electron chi connectivity index (χ2n) is 8.03. The standard InChI is InChI=1S/C24H25ClN4O6/c1-16-20(14-23(30)34-15-35-26-29(32)27-11-3-4-12-27)21-13-19(33-2)9-10-22(21)28(16)24(31)17-5-7-18(25)8-6-17/h5-10,13H,3-4,11-12,14-15H2,1-2H3/b29-26-. The molecular formula is C24H25ClN4O6. The van der Waals surface area contributed by atoms with Crippen LogP contribution >= 0.6 is 11.6 Å². The molecule has 0 amide bonds. The Bertz CT molecular complexity index is 1270. The molecule has 3 aromatic rings. The third-order valence-corrected chi connectivity index (χ3v) is 6.13. The summed E-state index contributed by atoms with van der Waals surface area (Å²) < 4.78 is 12.0. The number of carbonyl (C=O) groups excluding carboxylic acids is 2. The van der Waals surface area contributed by atoms with Gasteiger partial charge in [0.25, 0.3) is 12.7 Å². The zero-order valence-electron chi connectivity index (χ0n) is 19.4. The molecule has 0 bridgehead atoms. The average Bonchev–Trinajstić information content (AvgIpc) is 3.49. The Balaban J connectivity index is 1.54. The highest BCUT2D eigenvalue weighted by Gasteiger charge is 2.23. The summed E-state index contributed by atoms with van der Waals surface area (Å²) in [6.45, 7) is 2.48. The first-order valence-electron chi connectivity index (χ1n) is 11.1. The minimum Gasteiger partial charge on any atom is -0.569 e. The number of methoxy groups -OCH3 is 1. The molecule has 2 aromatic carbocycles. The molecule has 35 heavy (non-hydrogen) atoms. The van der Waals surface area contributed by atoms with Crippen LogP contribution in [0.15, 0.2) is 47.7 Å². The van der Waals surface area contributed by atoms with Crippen LogP contribution in [0, 0.1) is 12.1 Å². The number of hydrogen-bond acceptors (Lipinski definition) is 7. The smallest absolute Gasteiger partial charge is 0.313 e. The number of aromatic nitrogens is 1. The van der Waals surface area contributed by atoms with E-state index >= 15 is 0 Å². The third kappa shape index (κ3) is 5.32. The molecule has 1 aromatic heterocycles. The lowest BCUT2D eigenvalue weighted by Crippen LogP contribution is -2.27. The van der Waals surface area contributed by atoms with E-state index in [-0.39, 0.29) is 12.3 Å². The number of carbonyl (C=O) groups is 2. The van der Waals surface area contributed by atoms with Crippen LogP contribution in [-0.2, 0) is 20.8 Å². The molecule has 4 rings (SSSR count). The van der Waals surface area contributed by atoms with E-state index in [2.05, 4.69) is 5.28 Å². The van der Waals surface area contributed by atoms with E-state index in [1.54, 1.807) is 61.1 Å². The van der Waals surface area contributed by atoms with E-state index in [0.717, 1.165) is 12.8 Å². The molecule has 10 nitrogen and oxygen atoms in total. The van der Waals surface area contributed by atoms with Gasteiger partial charge in [0.1, 0.15) is 5.75 Å². The van der Waals surface area contributed by atoms with Crippen molar-refractivity contribution in [1.82, 2.24) is 9.58 Å². The first-order chi connectivity index (χ1) is 16.9. The van der Waals surface area contributed by atoms with Gasteiger partial charge in [-0.1, -0.05) is 11.6 Å². The van der Waals surface area contributed by atoms with Gasteiger partial charge in [0.15, 0.2) is 0 Å². The Morgan fingerprint density at radius 3 is 2.54 bits per heavy atom. The quantitative estimate of drug-likeness (QED) is 0.114. The van der Waals surface area contributed by atoms with Crippen molar-refractivity contribution in [2.75, 3.05) is 27.0 Å². The van der Waals surface area contributed by atoms with Crippen molar-refractivity contribution in [1.29, 1.82) is 0 Å². The van der Waals surface area contributed by atoms with Crippen molar-refractivity contribution in [3.63, 3.8) is 0 Å². The minimum absolute atomic E-state index is 0.118. The average molecular weight is 501 g/mol. The summed E-state index contributed by atoms with van der Waals surface area (Å²) in [6.07, 6.45) is 1.72. The lowest BCUT2D eigenvalue weighted by molar-refractivity contribution is -0.708. The van der Waals surface area contributed by atoms with Gasteiger partial charge >= 0.3 is 5.97 Å². The van der Waals surface area contributed by atoms with Crippen molar-refractivity contribution >= 4 is 34.4 Å². The Kier molecular flexibility index (Phi) is 7.40. The number of esters is 1. The monoisotopic (exact) mass is 500 g/mol. The van der Waals surface area contributed by atoms with Crippen molar-refractivity contribution in [2.45, 2.75) is 26.2 Å². The molecule has 0 unspecified atom stereocenters. The largest absolute Gasteiger partial charge is 0.569 e. The lowest BCUT2D eigenvalue weighted by atomic mass is 10.1. The molecule has 184 valence electrons. The van der Waals surface area contributed by atoms with Crippen LogP contribution in [0.5, 0.6) is 5.75 Å². The first-order valence-corrected chi connectivity index (χ1v) is 11.5. The molecule has 2 heterocycles. The zero-order valence-corrected chi connectivity index (χ0v) is 20.2. The molecule has 1 aliphatic heterocycles. The van der Waals surface area contributed by atoms with Gasteiger partial charge in [0, 0.05) is 21.7 Å². The fraction of sp³-hybridized carbons (Fsp3) is 0.333. The molecule has 1 saturated heterocycles. The molecule has 0 aliphatic carbocycles. The molecule has 0 N–H and O–H groups in total. The van der Waals surface area contributed by atoms with Gasteiger partial charge in [-0.05, 0) is 67.8 Å². The van der Waals surface area contributed by atoms with Gasteiger partial charge in [0.2, 0.25) is 5.28 Å². The van der Waals surface area contributed by atoms with Gasteiger partial charge in [0.05, 0.1) is 37.1 Å². The SMILES string of the molecule is COc1ccc2c(c1)c(CC(=O)OCO/N=[N+](\[O-])N1CCCC1)c(C)n2C(=O)c1ccc(Cl)cc1. The Labute approximate surface area is 206 Å². The topological polar surface area (TPSA) is 108 Å². The maximum absolute atomic E-state index is 13.3. The summed E-state index contributed by atoms with van der Waals surface area (Å²) in [5.41, 5.74) is 2.29. The minimum atomic E-state index is -0.595. The molecule has 0 atom stereocenters. The van der Waals surface area contributed by atoms with Crippen LogP contribution in [0.2, 0.25) is 5.02 Å². The molecule has 0 radical (unpaired) electrons. The number of halogens is 1. The second-order valence-corrected chi connectivity index (χ2v) is 8.47. The number of hydrazine groups is 1. The molecule has 0 spiro atoms. The summed E-state index contributed by atoms with van der Waals surface area (Å²) >= 11 is 5.96. The highest BCUT2D eigenvalue weighted by molar-refractivity contribution is 6.30. The van der Waals surface area contributed by atoms with Gasteiger partial charge in [-0.3, -0.25) is 14.2 Å². The number of ether oxygens (including phenoxy) is 2. The Morgan fingerprint density at radius 2 is 1.86 bits per heavy atom. The highest BCUT2D eigenvalue weighted by atomic mass is 35.5. The molecule has 11 heteroatoms. The van der Waals surface area contributed by atoms with E-state index in [0.29, 0.717) is 56.6 Å². The lowest BCUT2D eigenvalue weighted by Gasteiger charge is -2.10. The van der Waals surface area contributed by atoms with E-state index < -0.39 is 12.8 Å². The van der Waals surface area contributed by atoms with Gasteiger partial charge in [-0.2, -0.15) is 0 Å². The van der Waals surface area contributed by atoms with Crippen LogP contribution in [0.4, 0.5) is 0 Å². The Morgan fingerprint density at radius 1 is 1.14 bits per heavy atom. The summed E-state index contributed by atoms with van der Waals surface area (Å²) in [4.78, 5) is 31.1. The van der Waals surface area contributed by atoms with Crippen LogP contribution in [0.1, 0.15) is 34.5 Å². The fourth-order valence-corrected chi connectivity index (χ4v) is 4.21. The van der Waals surface area contributed by atoms with Crippen LogP contribution in [0.3, 0.4) is 0 Å². The fourth-order valence-electron chi connectivity index (χ4n) is 4.08. The molecular weight excluding hydrogens is 476 g/mol. The number of fused-ring (bicyclic) bond motifs is 1. The van der Waals surface area contributed by atoms with Crippen molar-refractivity contribution < 1.29 is 28.9 Å². The summed E-state index contributed by atoms with van der Waals surface area (Å²) in [7, 11) is 1.54. The maximum atomic E-state index is 13.3. The van der Waals surface area contributed by atoms with E-state index in [4.69, 9.17) is 25.9 Å². The number of nitrogens with zero attached hydrogens (tertiary/aromatic N) is 4. The Hall–Kier alpha value is -3.79. The predicted molar refractivity (Wildman–Crippen MR) is 127 cm³/mol. The molecule has 0 saturated carbocycles. The zero-order chi connectivity index (χ0) is 24.9. The third-order valence-electron chi connectivity index (χ3n) is 5.88. The van der Waals surface area contributed by atoms with Crippen LogP contribution in [-0.4, -0.2) is 53.4 Å². The van der Waals surface area contributed by atoms with E-state index in [1.165, 1.54) is 5.01 Å². The second kappa shape index (κ2) is 10.6. The van der Waals surface area contributed by atoms with Crippen molar-refractivity contribution in [3.05, 3.63) is 69.5 Å². The van der Waals surface area contributed by atoms with Gasteiger partial charge in [-0.25, -0.2) is 0 Å². The summed E-state index contributed by atoms with van der Waals surface area (Å²) in [5.74, 6) is -0.265. The summed E-state index contributed by atoms with van der Waals surface area (Å²) in [5, 5.41) is 17.9. The normalized spacial score (nSPS) is 13.8. The highest BCUT2D eigenvalue weighted by Crippen LogP contribution is 2.31. The maximum Gasteiger partial charge on any atom is 0.313 e. The van der Waals surface area contributed by atoms with Gasteiger partial charge in [-0.15, -0.1) is 5.01 Å². The summed E-state index contributed by atoms with van der Waals surface area (Å²) in [6, 6.07) is 11.9. The molecule has 1 fully saturated rings. The van der Waals surface area contributed by atoms with Crippen molar-refractivity contribution in [3.8, 4) is 5.75 Å². The molecule has 1 aliphatic rings. The number of rotatable bonds is 8.